The van der Waals surface area contributed by atoms with Crippen molar-refractivity contribution in [2.45, 2.75) is 0 Å². The lowest BCUT2D eigenvalue weighted by molar-refractivity contribution is 0.0706. The first-order valence-electron chi connectivity index (χ1n) is 6.23. The van der Waals surface area contributed by atoms with Crippen LogP contribution in [0.4, 0.5) is 0 Å². The van der Waals surface area contributed by atoms with Crippen LogP contribution in [-0.4, -0.2) is 23.2 Å². The van der Waals surface area contributed by atoms with Gasteiger partial charge in [-0.25, -0.2) is 10.9 Å². The lowest BCUT2D eigenvalue weighted by atomic mass is 10.1. The molecule has 0 heterocycles. The topological polar surface area (TPSA) is 90.8 Å². The summed E-state index contributed by atoms with van der Waals surface area (Å²) >= 11 is 2.20. The van der Waals surface area contributed by atoms with Gasteiger partial charge in [-0.1, -0.05) is 18.2 Å². The Bertz CT molecular complexity index is 714. The largest absolute Gasteiger partial charge is 0.288 e. The summed E-state index contributed by atoms with van der Waals surface area (Å²) in [6.45, 7) is 0. The molecule has 112 valence electrons. The number of hydrogen-bond donors (Lipinski definition) is 3. The van der Waals surface area contributed by atoms with E-state index in [1.807, 2.05) is 24.3 Å². The van der Waals surface area contributed by atoms with Crippen LogP contribution in [0.5, 0.6) is 0 Å². The minimum Gasteiger partial charge on any atom is -0.288 e. The Balaban J connectivity index is 2.03. The first-order valence-corrected chi connectivity index (χ1v) is 7.31. The smallest absolute Gasteiger partial charge is 0.274 e. The number of hydrogen-bond acceptors (Lipinski definition) is 4. The van der Waals surface area contributed by atoms with E-state index in [1.54, 1.807) is 12.1 Å². The van der Waals surface area contributed by atoms with E-state index in [0.29, 0.717) is 0 Å². The van der Waals surface area contributed by atoms with Gasteiger partial charge in [-0.3, -0.25) is 14.8 Å². The highest BCUT2D eigenvalue weighted by Gasteiger charge is 2.09. The Morgan fingerprint density at radius 3 is 2.32 bits per heavy atom. The number of hydrazone groups is 1. The number of nitrogens with one attached hydrogen (secondary N) is 2. The van der Waals surface area contributed by atoms with Crippen molar-refractivity contribution in [3.05, 3.63) is 68.8 Å². The number of rotatable bonds is 4. The summed E-state index contributed by atoms with van der Waals surface area (Å²) in [6.07, 6.45) is 1.53. The molecule has 0 bridgehead atoms. The van der Waals surface area contributed by atoms with E-state index in [0.717, 1.165) is 9.13 Å². The molecule has 0 saturated carbocycles. The number of carbonyl (C=O) groups is 2. The standard InChI is InChI=1S/C15H12IN3O3/c16-13-6-4-10(5-7-13)9-17-18-14(20)11-2-1-3-12(8-11)15(21)19-22/h1-9,22H,(H,18,20)(H,19,21)/b17-9+. The zero-order chi connectivity index (χ0) is 15.9. The van der Waals surface area contributed by atoms with Crippen LogP contribution in [0.3, 0.4) is 0 Å². The number of nitrogens with zero attached hydrogens (tertiary/aromatic N) is 1. The minimum absolute atomic E-state index is 0.178. The van der Waals surface area contributed by atoms with Crippen LogP contribution >= 0.6 is 22.6 Å². The summed E-state index contributed by atoms with van der Waals surface area (Å²) in [5, 5.41) is 12.4. The molecule has 0 atom stereocenters. The molecule has 0 saturated heterocycles. The van der Waals surface area contributed by atoms with E-state index < -0.39 is 11.8 Å². The number of halogens is 1. The number of amides is 2. The van der Waals surface area contributed by atoms with Crippen molar-refractivity contribution >= 4 is 40.6 Å². The van der Waals surface area contributed by atoms with Crippen LogP contribution in [0, 0.1) is 3.57 Å². The van der Waals surface area contributed by atoms with Crippen LogP contribution in [0.15, 0.2) is 53.6 Å². The van der Waals surface area contributed by atoms with Crippen LogP contribution in [0.2, 0.25) is 0 Å². The monoisotopic (exact) mass is 409 g/mol. The Hall–Kier alpha value is -2.26. The molecule has 0 radical (unpaired) electrons. The van der Waals surface area contributed by atoms with Crippen molar-refractivity contribution in [1.82, 2.24) is 10.9 Å². The summed E-state index contributed by atoms with van der Waals surface area (Å²) in [6, 6.07) is 13.6. The number of carbonyl (C=O) groups excluding carboxylic acids is 2. The highest BCUT2D eigenvalue weighted by molar-refractivity contribution is 14.1. The fourth-order valence-electron chi connectivity index (χ4n) is 1.65. The highest BCUT2D eigenvalue weighted by Crippen LogP contribution is 2.06. The molecule has 2 aromatic carbocycles. The van der Waals surface area contributed by atoms with Crippen LogP contribution < -0.4 is 10.9 Å². The van der Waals surface area contributed by atoms with Gasteiger partial charge in [0.1, 0.15) is 0 Å². The molecule has 2 amide bonds. The molecule has 6 nitrogen and oxygen atoms in total. The van der Waals surface area contributed by atoms with Gasteiger partial charge in [0.05, 0.1) is 6.21 Å². The van der Waals surface area contributed by atoms with Gasteiger partial charge in [0.25, 0.3) is 11.8 Å². The van der Waals surface area contributed by atoms with E-state index in [2.05, 4.69) is 33.1 Å². The molecule has 3 N–H and O–H groups in total. The van der Waals surface area contributed by atoms with Gasteiger partial charge in [-0.2, -0.15) is 5.10 Å². The van der Waals surface area contributed by atoms with Gasteiger partial charge in [0.2, 0.25) is 0 Å². The van der Waals surface area contributed by atoms with Crippen molar-refractivity contribution in [2.24, 2.45) is 5.10 Å². The predicted molar refractivity (Wildman–Crippen MR) is 89.9 cm³/mol. The summed E-state index contributed by atoms with van der Waals surface area (Å²) in [5.74, 6) is -1.13. The Labute approximate surface area is 140 Å². The van der Waals surface area contributed by atoms with Gasteiger partial charge in [0, 0.05) is 14.7 Å². The summed E-state index contributed by atoms with van der Waals surface area (Å²) in [7, 11) is 0. The third-order valence-electron chi connectivity index (χ3n) is 2.74. The predicted octanol–water partition coefficient (Wildman–Crippen LogP) is 2.17. The van der Waals surface area contributed by atoms with E-state index in [-0.39, 0.29) is 11.1 Å². The third-order valence-corrected chi connectivity index (χ3v) is 3.46. The maximum Gasteiger partial charge on any atom is 0.274 e. The molecule has 0 aliphatic carbocycles. The zero-order valence-electron chi connectivity index (χ0n) is 11.3. The third kappa shape index (κ3) is 4.37. The van der Waals surface area contributed by atoms with Crippen LogP contribution in [0.25, 0.3) is 0 Å². The molecular weight excluding hydrogens is 397 g/mol. The van der Waals surface area contributed by atoms with Crippen molar-refractivity contribution in [1.29, 1.82) is 0 Å². The van der Waals surface area contributed by atoms with Gasteiger partial charge in [-0.05, 0) is 58.5 Å². The van der Waals surface area contributed by atoms with Crippen molar-refractivity contribution in [2.75, 3.05) is 0 Å². The SMILES string of the molecule is O=C(NO)c1cccc(C(=O)N/N=C/c2ccc(I)cc2)c1. The summed E-state index contributed by atoms with van der Waals surface area (Å²) in [5.41, 5.74) is 5.19. The molecule has 2 rings (SSSR count). The van der Waals surface area contributed by atoms with Gasteiger partial charge >= 0.3 is 0 Å². The van der Waals surface area contributed by atoms with Gasteiger partial charge < -0.3 is 0 Å². The average molecular weight is 409 g/mol. The molecule has 0 unspecified atom stereocenters. The minimum atomic E-state index is -0.683. The van der Waals surface area contributed by atoms with Crippen LogP contribution in [-0.2, 0) is 0 Å². The second-order valence-electron chi connectivity index (χ2n) is 4.27. The molecule has 22 heavy (non-hydrogen) atoms. The molecule has 0 aliphatic rings. The fraction of sp³-hybridized carbons (Fsp3) is 0. The first kappa shape index (κ1) is 16.1. The van der Waals surface area contributed by atoms with Crippen molar-refractivity contribution in [3.63, 3.8) is 0 Å². The fourth-order valence-corrected chi connectivity index (χ4v) is 2.00. The molecule has 0 aromatic heterocycles. The van der Waals surface area contributed by atoms with Gasteiger partial charge in [-0.15, -0.1) is 0 Å². The Kier molecular flexibility index (Phi) is 5.61. The normalized spacial score (nSPS) is 10.5. The summed E-state index contributed by atoms with van der Waals surface area (Å²) < 4.78 is 1.11. The first-order chi connectivity index (χ1) is 10.6. The zero-order valence-corrected chi connectivity index (χ0v) is 13.4. The van der Waals surface area contributed by atoms with Gasteiger partial charge in [0.15, 0.2) is 0 Å². The highest BCUT2D eigenvalue weighted by atomic mass is 127. The van der Waals surface area contributed by atoms with E-state index in [9.17, 15) is 9.59 Å². The lowest BCUT2D eigenvalue weighted by Gasteiger charge is -2.02. The quantitative estimate of drug-likeness (QED) is 0.313. The number of hydroxylamine groups is 1. The molecule has 0 fully saturated rings. The van der Waals surface area contributed by atoms with Crippen molar-refractivity contribution < 1.29 is 14.8 Å². The second-order valence-corrected chi connectivity index (χ2v) is 5.52. The lowest BCUT2D eigenvalue weighted by Crippen LogP contribution is -2.21. The second kappa shape index (κ2) is 7.66. The van der Waals surface area contributed by atoms with E-state index in [4.69, 9.17) is 5.21 Å². The molecular formula is C15H12IN3O3. The van der Waals surface area contributed by atoms with E-state index >= 15 is 0 Å². The molecule has 0 aliphatic heterocycles. The Morgan fingerprint density at radius 2 is 1.68 bits per heavy atom. The molecule has 0 spiro atoms. The maximum atomic E-state index is 11.9. The average Bonchev–Trinajstić information content (AvgIpc) is 2.56. The molecule has 2 aromatic rings. The van der Waals surface area contributed by atoms with E-state index in [1.165, 1.54) is 23.8 Å². The number of benzene rings is 2. The molecule has 7 heteroatoms. The van der Waals surface area contributed by atoms with Crippen LogP contribution in [0.1, 0.15) is 26.3 Å². The Morgan fingerprint density at radius 1 is 1.05 bits per heavy atom. The maximum absolute atomic E-state index is 11.9. The van der Waals surface area contributed by atoms with Crippen molar-refractivity contribution in [3.8, 4) is 0 Å². The summed E-state index contributed by atoms with van der Waals surface area (Å²) in [4.78, 5) is 23.2.